The van der Waals surface area contributed by atoms with Gasteiger partial charge < -0.3 is 15.1 Å². The van der Waals surface area contributed by atoms with Gasteiger partial charge in [0.25, 0.3) is 5.91 Å². The van der Waals surface area contributed by atoms with E-state index >= 15 is 0 Å². The number of benzene rings is 1. The minimum atomic E-state index is 0.110. The Morgan fingerprint density at radius 2 is 1.95 bits per heavy atom. The lowest BCUT2D eigenvalue weighted by Crippen LogP contribution is -2.33. The van der Waals surface area contributed by atoms with Crippen molar-refractivity contribution in [3.63, 3.8) is 0 Å². The second kappa shape index (κ2) is 7.90. The smallest absolute Gasteiger partial charge is 0.255 e. The van der Waals surface area contributed by atoms with Crippen molar-refractivity contribution in [1.82, 2.24) is 9.80 Å². The molecule has 0 aliphatic rings. The molecule has 0 aliphatic carbocycles. The molecule has 4 heteroatoms. The second-order valence-corrected chi connectivity index (χ2v) is 5.34. The standard InChI is InChI=1S/C16H27N3O/c1-6-19(11-7-10-18(4)5)16(20)14-12-13(2)8-9-15(14)17-3/h8-9,12,17H,6-7,10-11H2,1-5H3. The van der Waals surface area contributed by atoms with Crippen LogP contribution in [0.15, 0.2) is 18.2 Å². The fourth-order valence-corrected chi connectivity index (χ4v) is 2.20. The average Bonchev–Trinajstić information content (AvgIpc) is 2.42. The third-order valence-electron chi connectivity index (χ3n) is 3.38. The van der Waals surface area contributed by atoms with E-state index < -0.39 is 0 Å². The zero-order chi connectivity index (χ0) is 15.1. The van der Waals surface area contributed by atoms with Gasteiger partial charge in [0.15, 0.2) is 0 Å². The van der Waals surface area contributed by atoms with Gasteiger partial charge in [-0.05, 0) is 53.0 Å². The van der Waals surface area contributed by atoms with Crippen LogP contribution in [0.4, 0.5) is 5.69 Å². The number of aryl methyl sites for hydroxylation is 1. The molecule has 0 aliphatic heterocycles. The third kappa shape index (κ3) is 4.53. The zero-order valence-corrected chi connectivity index (χ0v) is 13.4. The Kier molecular flexibility index (Phi) is 6.52. The van der Waals surface area contributed by atoms with Crippen molar-refractivity contribution in [2.75, 3.05) is 46.1 Å². The van der Waals surface area contributed by atoms with Crippen LogP contribution in [0.25, 0.3) is 0 Å². The maximum Gasteiger partial charge on any atom is 0.255 e. The van der Waals surface area contributed by atoms with E-state index in [1.54, 1.807) is 0 Å². The van der Waals surface area contributed by atoms with Gasteiger partial charge in [0.2, 0.25) is 0 Å². The van der Waals surface area contributed by atoms with E-state index in [0.29, 0.717) is 0 Å². The molecule has 1 amide bonds. The van der Waals surface area contributed by atoms with Crippen molar-refractivity contribution in [2.45, 2.75) is 20.3 Å². The fraction of sp³-hybridized carbons (Fsp3) is 0.562. The monoisotopic (exact) mass is 277 g/mol. The highest BCUT2D eigenvalue weighted by molar-refractivity contribution is 5.99. The highest BCUT2D eigenvalue weighted by Gasteiger charge is 2.17. The lowest BCUT2D eigenvalue weighted by atomic mass is 10.1. The van der Waals surface area contributed by atoms with Gasteiger partial charge in [0, 0.05) is 25.8 Å². The summed E-state index contributed by atoms with van der Waals surface area (Å²) < 4.78 is 0. The molecule has 0 atom stereocenters. The molecule has 0 fully saturated rings. The summed E-state index contributed by atoms with van der Waals surface area (Å²) in [5.74, 6) is 0.110. The molecule has 0 aromatic heterocycles. The maximum atomic E-state index is 12.7. The van der Waals surface area contributed by atoms with Crippen molar-refractivity contribution < 1.29 is 4.79 Å². The molecule has 1 aromatic carbocycles. The number of hydrogen-bond acceptors (Lipinski definition) is 3. The van der Waals surface area contributed by atoms with E-state index in [1.165, 1.54) is 0 Å². The topological polar surface area (TPSA) is 35.6 Å². The predicted molar refractivity (Wildman–Crippen MR) is 85.5 cm³/mol. The van der Waals surface area contributed by atoms with E-state index in [4.69, 9.17) is 0 Å². The van der Waals surface area contributed by atoms with Crippen molar-refractivity contribution in [3.8, 4) is 0 Å². The number of hydrogen-bond donors (Lipinski definition) is 1. The molecule has 1 rings (SSSR count). The van der Waals surface area contributed by atoms with Crippen LogP contribution < -0.4 is 5.32 Å². The minimum Gasteiger partial charge on any atom is -0.387 e. The summed E-state index contributed by atoms with van der Waals surface area (Å²) in [6, 6.07) is 5.95. The summed E-state index contributed by atoms with van der Waals surface area (Å²) in [4.78, 5) is 16.7. The number of nitrogens with one attached hydrogen (secondary N) is 1. The average molecular weight is 277 g/mol. The van der Waals surface area contributed by atoms with Crippen molar-refractivity contribution in [3.05, 3.63) is 29.3 Å². The Bertz CT molecular complexity index is 443. The molecule has 1 N–H and O–H groups in total. The van der Waals surface area contributed by atoms with Gasteiger partial charge >= 0.3 is 0 Å². The molecular formula is C16H27N3O. The quantitative estimate of drug-likeness (QED) is 0.831. The molecule has 20 heavy (non-hydrogen) atoms. The molecular weight excluding hydrogens is 250 g/mol. The van der Waals surface area contributed by atoms with Crippen molar-refractivity contribution in [1.29, 1.82) is 0 Å². The maximum absolute atomic E-state index is 12.7. The third-order valence-corrected chi connectivity index (χ3v) is 3.38. The first kappa shape index (κ1) is 16.5. The molecule has 0 bridgehead atoms. The van der Waals surface area contributed by atoms with Crippen LogP contribution in [0.2, 0.25) is 0 Å². The second-order valence-electron chi connectivity index (χ2n) is 5.34. The van der Waals surface area contributed by atoms with Crippen LogP contribution in [-0.4, -0.2) is 56.5 Å². The van der Waals surface area contributed by atoms with Gasteiger partial charge in [-0.3, -0.25) is 4.79 Å². The summed E-state index contributed by atoms with van der Waals surface area (Å²) in [7, 11) is 5.96. The molecule has 0 unspecified atom stereocenters. The van der Waals surface area contributed by atoms with E-state index in [-0.39, 0.29) is 5.91 Å². The van der Waals surface area contributed by atoms with E-state index in [9.17, 15) is 4.79 Å². The van der Waals surface area contributed by atoms with Crippen LogP contribution in [-0.2, 0) is 0 Å². The number of carbonyl (C=O) groups excluding carboxylic acids is 1. The first-order valence-electron chi connectivity index (χ1n) is 7.22. The van der Waals surface area contributed by atoms with E-state index in [2.05, 4.69) is 24.3 Å². The highest BCUT2D eigenvalue weighted by atomic mass is 16.2. The van der Waals surface area contributed by atoms with Gasteiger partial charge in [-0.2, -0.15) is 0 Å². The first-order chi connectivity index (χ1) is 9.49. The summed E-state index contributed by atoms with van der Waals surface area (Å²) in [6.45, 7) is 6.57. The van der Waals surface area contributed by atoms with Gasteiger partial charge in [0.05, 0.1) is 5.56 Å². The Labute approximate surface area is 122 Å². The van der Waals surface area contributed by atoms with Crippen LogP contribution in [0.5, 0.6) is 0 Å². The molecule has 4 nitrogen and oxygen atoms in total. The summed E-state index contributed by atoms with van der Waals surface area (Å²) >= 11 is 0. The summed E-state index contributed by atoms with van der Waals surface area (Å²) in [5.41, 5.74) is 2.77. The number of nitrogens with zero attached hydrogens (tertiary/aromatic N) is 2. The molecule has 0 heterocycles. The molecule has 112 valence electrons. The number of rotatable bonds is 7. The van der Waals surface area contributed by atoms with Gasteiger partial charge in [0.1, 0.15) is 0 Å². The van der Waals surface area contributed by atoms with E-state index in [0.717, 1.165) is 42.9 Å². The van der Waals surface area contributed by atoms with E-state index in [1.807, 2.05) is 44.0 Å². The van der Waals surface area contributed by atoms with Crippen LogP contribution in [0.1, 0.15) is 29.3 Å². The molecule has 0 saturated heterocycles. The van der Waals surface area contributed by atoms with Crippen molar-refractivity contribution in [2.24, 2.45) is 0 Å². The first-order valence-corrected chi connectivity index (χ1v) is 7.22. The Balaban J connectivity index is 2.82. The Hall–Kier alpha value is -1.55. The summed E-state index contributed by atoms with van der Waals surface area (Å²) in [6.07, 6.45) is 0.993. The number of carbonyl (C=O) groups is 1. The predicted octanol–water partition coefficient (Wildman–Crippen LogP) is 2.45. The number of amides is 1. The van der Waals surface area contributed by atoms with Gasteiger partial charge in [-0.1, -0.05) is 11.6 Å². The molecule has 1 aromatic rings. The van der Waals surface area contributed by atoms with Crippen LogP contribution in [0, 0.1) is 6.92 Å². The van der Waals surface area contributed by atoms with Crippen LogP contribution in [0.3, 0.4) is 0 Å². The SMILES string of the molecule is CCN(CCCN(C)C)C(=O)c1cc(C)ccc1NC. The Morgan fingerprint density at radius 3 is 2.50 bits per heavy atom. The van der Waals surface area contributed by atoms with Crippen molar-refractivity contribution >= 4 is 11.6 Å². The Morgan fingerprint density at radius 1 is 1.25 bits per heavy atom. The zero-order valence-electron chi connectivity index (χ0n) is 13.4. The van der Waals surface area contributed by atoms with Gasteiger partial charge in [-0.25, -0.2) is 0 Å². The minimum absolute atomic E-state index is 0.110. The van der Waals surface area contributed by atoms with Crippen LogP contribution >= 0.6 is 0 Å². The highest BCUT2D eigenvalue weighted by Crippen LogP contribution is 2.19. The van der Waals surface area contributed by atoms with Gasteiger partial charge in [-0.15, -0.1) is 0 Å². The summed E-state index contributed by atoms with van der Waals surface area (Å²) in [5, 5.41) is 3.10. The molecule has 0 spiro atoms. The fourth-order valence-electron chi connectivity index (χ4n) is 2.20. The molecule has 0 saturated carbocycles. The number of anilines is 1. The normalized spacial score (nSPS) is 10.7. The lowest BCUT2D eigenvalue weighted by Gasteiger charge is -2.23. The lowest BCUT2D eigenvalue weighted by molar-refractivity contribution is 0.0760. The molecule has 0 radical (unpaired) electrons. The largest absolute Gasteiger partial charge is 0.387 e.